The highest BCUT2D eigenvalue weighted by molar-refractivity contribution is 7.90. The molecule has 0 bridgehead atoms. The smallest absolute Gasteiger partial charge is 0.213 e. The highest BCUT2D eigenvalue weighted by atomic mass is 32.2. The number of aromatic nitrogens is 1. The van der Waals surface area contributed by atoms with Crippen molar-refractivity contribution in [3.63, 3.8) is 0 Å². The van der Waals surface area contributed by atoms with Crippen LogP contribution in [0.25, 0.3) is 22.3 Å². The first-order valence-corrected chi connectivity index (χ1v) is 12.9. The molecule has 170 valence electrons. The number of hydrogen-bond acceptors (Lipinski definition) is 3. The maximum atomic E-state index is 12.0. The second-order valence-corrected chi connectivity index (χ2v) is 11.4. The van der Waals surface area contributed by atoms with E-state index in [9.17, 15) is 8.42 Å². The molecule has 32 heavy (non-hydrogen) atoms. The number of hydrogen-bond donors (Lipinski definition) is 1. The Balaban J connectivity index is 1.50. The Morgan fingerprint density at radius 1 is 1.03 bits per heavy atom. The molecular formula is C26H33N3O2S. The van der Waals surface area contributed by atoms with Crippen LogP contribution >= 0.6 is 0 Å². The van der Waals surface area contributed by atoms with Crippen LogP contribution in [0.2, 0.25) is 0 Å². The summed E-state index contributed by atoms with van der Waals surface area (Å²) in [6, 6.07) is 17.1. The Labute approximate surface area is 191 Å². The average Bonchev–Trinajstić information content (AvgIpc) is 3.47. The lowest BCUT2D eigenvalue weighted by Gasteiger charge is -2.20. The van der Waals surface area contributed by atoms with Crippen molar-refractivity contribution >= 4 is 26.6 Å². The molecule has 0 saturated carbocycles. The van der Waals surface area contributed by atoms with Gasteiger partial charge in [-0.05, 0) is 74.1 Å². The molecule has 3 aromatic rings. The zero-order valence-electron chi connectivity index (χ0n) is 19.2. The van der Waals surface area contributed by atoms with Gasteiger partial charge in [-0.25, -0.2) is 13.1 Å². The predicted octanol–water partition coefficient (Wildman–Crippen LogP) is 5.13. The third-order valence-corrected chi connectivity index (χ3v) is 8.27. The van der Waals surface area contributed by atoms with Crippen molar-refractivity contribution in [3.8, 4) is 5.69 Å². The summed E-state index contributed by atoms with van der Waals surface area (Å²) in [5.74, 6) is 0.0955. The third kappa shape index (κ3) is 4.62. The van der Waals surface area contributed by atoms with Gasteiger partial charge in [-0.3, -0.25) is 0 Å². The van der Waals surface area contributed by atoms with Gasteiger partial charge in [0, 0.05) is 42.6 Å². The van der Waals surface area contributed by atoms with Crippen molar-refractivity contribution in [2.24, 2.45) is 0 Å². The second kappa shape index (κ2) is 9.12. The van der Waals surface area contributed by atoms with E-state index in [-0.39, 0.29) is 5.92 Å². The fourth-order valence-electron chi connectivity index (χ4n) is 4.21. The van der Waals surface area contributed by atoms with Crippen molar-refractivity contribution in [2.45, 2.75) is 44.8 Å². The van der Waals surface area contributed by atoms with Gasteiger partial charge < -0.3 is 9.47 Å². The van der Waals surface area contributed by atoms with E-state index in [1.54, 1.807) is 13.8 Å². The summed E-state index contributed by atoms with van der Waals surface area (Å²) in [7, 11) is -3.25. The minimum Gasteiger partial charge on any atom is -0.372 e. The molecule has 1 atom stereocenters. The van der Waals surface area contributed by atoms with Gasteiger partial charge in [0.2, 0.25) is 10.0 Å². The molecular weight excluding hydrogens is 418 g/mol. The van der Waals surface area contributed by atoms with E-state index < -0.39 is 15.3 Å². The molecule has 2 aromatic carbocycles. The highest BCUT2D eigenvalue weighted by Gasteiger charge is 2.18. The van der Waals surface area contributed by atoms with E-state index in [2.05, 4.69) is 75.5 Å². The predicted molar refractivity (Wildman–Crippen MR) is 134 cm³/mol. The lowest BCUT2D eigenvalue weighted by atomic mass is 10.0. The van der Waals surface area contributed by atoms with E-state index in [4.69, 9.17) is 0 Å². The lowest BCUT2D eigenvalue weighted by Crippen LogP contribution is -2.33. The van der Waals surface area contributed by atoms with Crippen LogP contribution in [0.5, 0.6) is 0 Å². The molecule has 1 fully saturated rings. The van der Waals surface area contributed by atoms with E-state index in [0.717, 1.165) is 35.6 Å². The lowest BCUT2D eigenvalue weighted by molar-refractivity contribution is 0.494. The monoisotopic (exact) mass is 451 g/mol. The van der Waals surface area contributed by atoms with Crippen LogP contribution < -0.4 is 4.72 Å². The maximum Gasteiger partial charge on any atom is 0.213 e. The summed E-state index contributed by atoms with van der Waals surface area (Å²) in [5.41, 5.74) is 5.66. The van der Waals surface area contributed by atoms with Crippen LogP contribution in [-0.2, 0) is 10.0 Å². The van der Waals surface area contributed by atoms with Crippen LogP contribution in [0.3, 0.4) is 0 Å². The van der Waals surface area contributed by atoms with E-state index in [1.807, 2.05) is 6.92 Å². The summed E-state index contributed by atoms with van der Waals surface area (Å²) in [5, 5.41) is 0.774. The van der Waals surface area contributed by atoms with E-state index in [1.165, 1.54) is 23.8 Å². The van der Waals surface area contributed by atoms with Gasteiger partial charge in [-0.1, -0.05) is 31.7 Å². The quantitative estimate of drug-likeness (QED) is 0.517. The molecule has 1 saturated heterocycles. The molecule has 1 unspecified atom stereocenters. The SMILES string of the molecule is C=C(c1ccc2c(ccn2-c2ccc(C(C)CNS(=O)(=O)C(C)C)cc2)c1)N1CCCC1. The number of benzene rings is 2. The summed E-state index contributed by atoms with van der Waals surface area (Å²) in [4.78, 5) is 2.37. The van der Waals surface area contributed by atoms with E-state index >= 15 is 0 Å². The highest BCUT2D eigenvalue weighted by Crippen LogP contribution is 2.28. The molecule has 4 rings (SSSR count). The Bertz CT molecular complexity index is 1200. The Kier molecular flexibility index (Phi) is 6.45. The van der Waals surface area contributed by atoms with Gasteiger partial charge in [0.05, 0.1) is 10.8 Å². The summed E-state index contributed by atoms with van der Waals surface area (Å²) < 4.78 is 28.9. The number of rotatable bonds is 8. The van der Waals surface area contributed by atoms with Crippen LogP contribution in [-0.4, -0.2) is 42.8 Å². The summed E-state index contributed by atoms with van der Waals surface area (Å²) >= 11 is 0. The molecule has 0 radical (unpaired) electrons. The number of sulfonamides is 1. The molecule has 1 aliphatic rings. The molecule has 0 spiro atoms. The first-order chi connectivity index (χ1) is 15.3. The molecule has 1 aromatic heterocycles. The van der Waals surface area contributed by atoms with Crippen molar-refractivity contribution in [1.29, 1.82) is 0 Å². The number of nitrogens with one attached hydrogen (secondary N) is 1. The first kappa shape index (κ1) is 22.6. The van der Waals surface area contributed by atoms with Crippen LogP contribution in [0.15, 0.2) is 61.3 Å². The minimum atomic E-state index is -3.25. The standard InChI is InChI=1S/C26H33N3O2S/c1-19(2)32(30,31)27-18-20(3)22-7-10-25(11-8-22)29-16-13-24-17-23(9-12-26(24)29)21(4)28-14-5-6-15-28/h7-13,16-17,19-20,27H,4-6,14-15,18H2,1-3H3. The van der Waals surface area contributed by atoms with Gasteiger partial charge >= 0.3 is 0 Å². The van der Waals surface area contributed by atoms with Gasteiger partial charge in [0.1, 0.15) is 0 Å². The van der Waals surface area contributed by atoms with Gasteiger partial charge in [0.15, 0.2) is 0 Å². The molecule has 0 aliphatic carbocycles. The Morgan fingerprint density at radius 2 is 1.72 bits per heavy atom. The zero-order valence-corrected chi connectivity index (χ0v) is 20.0. The van der Waals surface area contributed by atoms with Crippen molar-refractivity contribution in [3.05, 3.63) is 72.4 Å². The largest absolute Gasteiger partial charge is 0.372 e. The zero-order chi connectivity index (χ0) is 22.9. The number of likely N-dealkylation sites (tertiary alicyclic amines) is 1. The number of fused-ring (bicyclic) bond motifs is 1. The fourth-order valence-corrected chi connectivity index (χ4v) is 5.02. The first-order valence-electron chi connectivity index (χ1n) is 11.4. The average molecular weight is 452 g/mol. The van der Waals surface area contributed by atoms with Crippen molar-refractivity contribution < 1.29 is 8.42 Å². The molecule has 1 N–H and O–H groups in total. The van der Waals surface area contributed by atoms with E-state index in [0.29, 0.717) is 6.54 Å². The third-order valence-electron chi connectivity index (χ3n) is 6.46. The molecule has 6 heteroatoms. The fraction of sp³-hybridized carbons (Fsp3) is 0.385. The molecule has 1 aliphatic heterocycles. The van der Waals surface area contributed by atoms with Gasteiger partial charge in [-0.15, -0.1) is 0 Å². The molecule has 2 heterocycles. The summed E-state index contributed by atoms with van der Waals surface area (Å²) in [6.07, 6.45) is 4.59. The van der Waals surface area contributed by atoms with Crippen LogP contribution in [0.1, 0.15) is 50.7 Å². The van der Waals surface area contributed by atoms with Crippen LogP contribution in [0.4, 0.5) is 0 Å². The van der Waals surface area contributed by atoms with Crippen LogP contribution in [0, 0.1) is 0 Å². The molecule has 5 nitrogen and oxygen atoms in total. The van der Waals surface area contributed by atoms with Crippen molar-refractivity contribution in [2.75, 3.05) is 19.6 Å². The molecule has 0 amide bonds. The van der Waals surface area contributed by atoms with Gasteiger partial charge in [0.25, 0.3) is 0 Å². The number of nitrogens with zero attached hydrogens (tertiary/aromatic N) is 2. The topological polar surface area (TPSA) is 54.3 Å². The Morgan fingerprint density at radius 3 is 2.38 bits per heavy atom. The minimum absolute atomic E-state index is 0.0955. The summed E-state index contributed by atoms with van der Waals surface area (Å²) in [6.45, 7) is 12.3. The van der Waals surface area contributed by atoms with Crippen molar-refractivity contribution in [1.82, 2.24) is 14.2 Å². The Hall–Kier alpha value is -2.57. The normalized spacial score (nSPS) is 15.6. The van der Waals surface area contributed by atoms with Gasteiger partial charge in [-0.2, -0.15) is 0 Å². The maximum absolute atomic E-state index is 12.0. The second-order valence-electron chi connectivity index (χ2n) is 9.03.